The van der Waals surface area contributed by atoms with E-state index in [1.165, 1.54) is 18.2 Å². The Kier molecular flexibility index (Phi) is 5.53. The number of hydrogen-bond donors (Lipinski definition) is 2. The molecule has 0 saturated heterocycles. The third kappa shape index (κ3) is 5.11. The van der Waals surface area contributed by atoms with Gasteiger partial charge in [0.15, 0.2) is 13.2 Å². The molecule has 1 amide bonds. The molecule has 0 spiro atoms. The lowest BCUT2D eigenvalue weighted by molar-refractivity contribution is -0.149. The van der Waals surface area contributed by atoms with E-state index in [4.69, 9.17) is 9.84 Å². The number of rotatable bonds is 6. The van der Waals surface area contributed by atoms with Crippen molar-refractivity contribution in [2.24, 2.45) is 0 Å². The van der Waals surface area contributed by atoms with Crippen LogP contribution in [0.3, 0.4) is 0 Å². The zero-order valence-corrected chi connectivity index (χ0v) is 10.6. The van der Waals surface area contributed by atoms with Crippen molar-refractivity contribution in [2.45, 2.75) is 0 Å². The monoisotopic (exact) mass is 321 g/mol. The molecule has 8 heteroatoms. The highest BCUT2D eigenvalue weighted by Gasteiger charge is 2.07. The van der Waals surface area contributed by atoms with Crippen LogP contribution in [0, 0.1) is 5.82 Å². The Morgan fingerprint density at radius 2 is 2.11 bits per heavy atom. The van der Waals surface area contributed by atoms with Crippen LogP contribution in [0.1, 0.15) is 0 Å². The Balaban J connectivity index is 2.36. The molecule has 0 heterocycles. The number of halogens is 2. The van der Waals surface area contributed by atoms with Gasteiger partial charge in [0.1, 0.15) is 11.6 Å². The minimum atomic E-state index is -1.21. The van der Waals surface area contributed by atoms with E-state index < -0.39 is 24.3 Å². The van der Waals surface area contributed by atoms with E-state index in [2.05, 4.69) is 20.8 Å². The molecule has 0 radical (unpaired) electrons. The molecule has 1 rings (SSSR count). The van der Waals surface area contributed by atoms with Crippen LogP contribution >= 0.6 is 15.9 Å². The lowest BCUT2D eigenvalue weighted by atomic mass is 10.3. The van der Waals surface area contributed by atoms with Crippen molar-refractivity contribution in [2.75, 3.05) is 13.2 Å². The zero-order valence-electron chi connectivity index (χ0n) is 8.98. The van der Waals surface area contributed by atoms with Crippen LogP contribution in [0.2, 0.25) is 0 Å². The van der Waals surface area contributed by atoms with Crippen LogP contribution in [-0.2, 0) is 14.4 Å². The van der Waals surface area contributed by atoms with Crippen molar-refractivity contribution >= 4 is 27.8 Å². The van der Waals surface area contributed by atoms with Gasteiger partial charge in [0.05, 0.1) is 4.47 Å². The zero-order chi connectivity index (χ0) is 13.5. The van der Waals surface area contributed by atoms with E-state index in [0.29, 0.717) is 4.47 Å². The molecule has 18 heavy (non-hydrogen) atoms. The Morgan fingerprint density at radius 1 is 1.39 bits per heavy atom. The molecule has 6 nitrogen and oxygen atoms in total. The van der Waals surface area contributed by atoms with Crippen molar-refractivity contribution in [3.63, 3.8) is 0 Å². The lowest BCUT2D eigenvalue weighted by Gasteiger charge is -2.08. The number of nitrogens with one attached hydrogen (secondary N) is 1. The number of carbonyl (C=O) groups excluding carboxylic acids is 1. The van der Waals surface area contributed by atoms with E-state index in [1.807, 2.05) is 5.48 Å². The summed E-state index contributed by atoms with van der Waals surface area (Å²) in [6, 6.07) is 3.72. The standard InChI is InChI=1S/C10H9BrFNO5/c11-7-3-6(12)1-2-8(7)17-4-9(14)13-18-5-10(15)16/h1-3H,4-5H2,(H,13,14)(H,15,16). The maximum atomic E-state index is 12.7. The number of carbonyl (C=O) groups is 2. The van der Waals surface area contributed by atoms with E-state index >= 15 is 0 Å². The largest absolute Gasteiger partial charge is 0.483 e. The van der Waals surface area contributed by atoms with Crippen LogP contribution in [0.25, 0.3) is 0 Å². The fourth-order valence-corrected chi connectivity index (χ4v) is 1.41. The van der Waals surface area contributed by atoms with Crippen molar-refractivity contribution < 1.29 is 28.7 Å². The smallest absolute Gasteiger partial charge is 0.332 e. The number of hydrogen-bond acceptors (Lipinski definition) is 4. The molecule has 0 bridgehead atoms. The van der Waals surface area contributed by atoms with Gasteiger partial charge in [0.2, 0.25) is 0 Å². The first-order chi connectivity index (χ1) is 8.49. The average molecular weight is 322 g/mol. The highest BCUT2D eigenvalue weighted by Crippen LogP contribution is 2.25. The molecule has 0 unspecified atom stereocenters. The van der Waals surface area contributed by atoms with Gasteiger partial charge < -0.3 is 9.84 Å². The van der Waals surface area contributed by atoms with Crippen LogP contribution in [0.5, 0.6) is 5.75 Å². The molecule has 2 N–H and O–H groups in total. The van der Waals surface area contributed by atoms with Gasteiger partial charge in [-0.25, -0.2) is 14.7 Å². The van der Waals surface area contributed by atoms with Crippen LogP contribution < -0.4 is 10.2 Å². The molecule has 1 aromatic carbocycles. The predicted molar refractivity (Wildman–Crippen MR) is 61.3 cm³/mol. The first-order valence-electron chi connectivity index (χ1n) is 4.69. The maximum Gasteiger partial charge on any atom is 0.332 e. The van der Waals surface area contributed by atoms with Gasteiger partial charge in [-0.1, -0.05) is 0 Å². The number of amides is 1. The van der Waals surface area contributed by atoms with Crippen molar-refractivity contribution in [1.82, 2.24) is 5.48 Å². The first kappa shape index (κ1) is 14.4. The summed E-state index contributed by atoms with van der Waals surface area (Å²) < 4.78 is 18.2. The van der Waals surface area contributed by atoms with Gasteiger partial charge in [-0.15, -0.1) is 0 Å². The fourth-order valence-electron chi connectivity index (χ4n) is 0.943. The van der Waals surface area contributed by atoms with Crippen molar-refractivity contribution in [1.29, 1.82) is 0 Å². The Morgan fingerprint density at radius 3 is 2.72 bits per heavy atom. The Hall–Kier alpha value is -1.67. The number of ether oxygens (including phenoxy) is 1. The quantitative estimate of drug-likeness (QED) is 0.766. The van der Waals surface area contributed by atoms with Crippen LogP contribution in [-0.4, -0.2) is 30.2 Å². The average Bonchev–Trinajstić information content (AvgIpc) is 2.27. The fraction of sp³-hybridized carbons (Fsp3) is 0.200. The third-order valence-electron chi connectivity index (χ3n) is 1.63. The summed E-state index contributed by atoms with van der Waals surface area (Å²) in [4.78, 5) is 25.6. The number of carboxylic acids is 1. The predicted octanol–water partition coefficient (Wildman–Crippen LogP) is 1.10. The summed E-state index contributed by atoms with van der Waals surface area (Å²) in [5, 5.41) is 8.25. The molecule has 0 atom stereocenters. The molecule has 98 valence electrons. The lowest BCUT2D eigenvalue weighted by Crippen LogP contribution is -2.31. The second-order valence-corrected chi connectivity index (χ2v) is 3.93. The maximum absolute atomic E-state index is 12.7. The molecule has 0 aromatic heterocycles. The van der Waals surface area contributed by atoms with Gasteiger partial charge in [-0.05, 0) is 34.1 Å². The van der Waals surface area contributed by atoms with Gasteiger partial charge in [-0.2, -0.15) is 0 Å². The van der Waals surface area contributed by atoms with Crippen LogP contribution in [0.15, 0.2) is 22.7 Å². The normalized spacial score (nSPS) is 9.89. The molecular weight excluding hydrogens is 313 g/mol. The van der Waals surface area contributed by atoms with Crippen LogP contribution in [0.4, 0.5) is 4.39 Å². The molecule has 0 aliphatic rings. The second kappa shape index (κ2) is 6.92. The van der Waals surface area contributed by atoms with E-state index in [9.17, 15) is 14.0 Å². The molecule has 0 aliphatic heterocycles. The van der Waals surface area contributed by atoms with Gasteiger partial charge in [0.25, 0.3) is 5.91 Å². The number of carboxylic acid groups (broad SMARTS) is 1. The number of hydroxylamine groups is 1. The third-order valence-corrected chi connectivity index (χ3v) is 2.25. The SMILES string of the molecule is O=C(O)CONC(=O)COc1ccc(F)cc1Br. The Bertz CT molecular complexity index is 454. The molecule has 0 fully saturated rings. The highest BCUT2D eigenvalue weighted by molar-refractivity contribution is 9.10. The molecule has 1 aromatic rings. The van der Waals surface area contributed by atoms with E-state index in [1.54, 1.807) is 0 Å². The van der Waals surface area contributed by atoms with E-state index in [0.717, 1.165) is 0 Å². The van der Waals surface area contributed by atoms with Gasteiger partial charge >= 0.3 is 5.97 Å². The molecular formula is C10H9BrFNO5. The summed E-state index contributed by atoms with van der Waals surface area (Å²) in [5.74, 6) is -2.03. The summed E-state index contributed by atoms with van der Waals surface area (Å²) in [6.07, 6.45) is 0. The summed E-state index contributed by atoms with van der Waals surface area (Å²) in [6.45, 7) is -1.03. The first-order valence-corrected chi connectivity index (χ1v) is 5.48. The second-order valence-electron chi connectivity index (χ2n) is 3.07. The number of aliphatic carboxylic acids is 1. The minimum absolute atomic E-state index is 0.282. The summed E-state index contributed by atoms with van der Waals surface area (Å²) in [5.41, 5.74) is 1.88. The molecule has 0 aliphatic carbocycles. The minimum Gasteiger partial charge on any atom is -0.483 e. The summed E-state index contributed by atoms with van der Waals surface area (Å²) in [7, 11) is 0. The van der Waals surface area contributed by atoms with Gasteiger partial charge in [-0.3, -0.25) is 9.63 Å². The van der Waals surface area contributed by atoms with Gasteiger partial charge in [0, 0.05) is 0 Å². The highest BCUT2D eigenvalue weighted by atomic mass is 79.9. The van der Waals surface area contributed by atoms with Crippen molar-refractivity contribution in [3.8, 4) is 5.75 Å². The summed E-state index contributed by atoms with van der Waals surface area (Å²) >= 11 is 3.06. The Labute approximate surface area is 110 Å². The number of benzene rings is 1. The van der Waals surface area contributed by atoms with E-state index in [-0.39, 0.29) is 12.4 Å². The van der Waals surface area contributed by atoms with Crippen molar-refractivity contribution in [3.05, 3.63) is 28.5 Å². The molecule has 0 saturated carbocycles. The topological polar surface area (TPSA) is 84.9 Å².